The summed E-state index contributed by atoms with van der Waals surface area (Å²) in [5.74, 6) is 0. The van der Waals surface area contributed by atoms with Crippen molar-refractivity contribution in [2.24, 2.45) is 5.73 Å². The van der Waals surface area contributed by atoms with E-state index in [-0.39, 0.29) is 17.9 Å². The molecule has 4 heteroatoms. The van der Waals surface area contributed by atoms with Crippen LogP contribution in [-0.2, 0) is 4.74 Å². The van der Waals surface area contributed by atoms with Crippen molar-refractivity contribution in [3.63, 3.8) is 0 Å². The molecule has 0 bridgehead atoms. The Balaban J connectivity index is 0.000001000. The highest BCUT2D eigenvalue weighted by atomic mass is 35.5. The fraction of sp³-hybridized carbons (Fsp3) is 1.00. The molecule has 0 aromatic carbocycles. The lowest BCUT2D eigenvalue weighted by Crippen LogP contribution is -2.52. The molecule has 1 rings (SSSR count). The molecule has 0 unspecified atom stereocenters. The van der Waals surface area contributed by atoms with E-state index in [2.05, 4.69) is 5.32 Å². The van der Waals surface area contributed by atoms with Crippen LogP contribution in [0.5, 0.6) is 0 Å². The standard InChI is InChI=1S/C7H16N2O.ClH/c1-9-7(6-8)2-4-10-5-3-7;/h9H,2-6,8H2,1H3;1H. The van der Waals surface area contributed by atoms with Crippen LogP contribution in [0.3, 0.4) is 0 Å². The third-order valence-corrected chi connectivity index (χ3v) is 2.37. The average Bonchev–Trinajstić information content (AvgIpc) is 2.06. The average molecular weight is 181 g/mol. The second-order valence-corrected chi connectivity index (χ2v) is 2.85. The van der Waals surface area contributed by atoms with Crippen molar-refractivity contribution >= 4 is 12.4 Å². The predicted molar refractivity (Wildman–Crippen MR) is 48.1 cm³/mol. The van der Waals surface area contributed by atoms with Crippen LogP contribution >= 0.6 is 12.4 Å². The minimum absolute atomic E-state index is 0. The van der Waals surface area contributed by atoms with Crippen molar-refractivity contribution in [2.75, 3.05) is 26.8 Å². The monoisotopic (exact) mass is 180 g/mol. The zero-order valence-corrected chi connectivity index (χ0v) is 7.75. The smallest absolute Gasteiger partial charge is 0.0484 e. The topological polar surface area (TPSA) is 47.3 Å². The van der Waals surface area contributed by atoms with Gasteiger partial charge in [-0.3, -0.25) is 0 Å². The Morgan fingerprint density at radius 1 is 1.45 bits per heavy atom. The van der Waals surface area contributed by atoms with Crippen molar-refractivity contribution in [3.8, 4) is 0 Å². The summed E-state index contributed by atoms with van der Waals surface area (Å²) in [6.07, 6.45) is 2.08. The normalized spacial score (nSPS) is 22.4. The quantitative estimate of drug-likeness (QED) is 0.636. The molecular formula is C7H17ClN2O. The van der Waals surface area contributed by atoms with Gasteiger partial charge in [-0.1, -0.05) is 0 Å². The van der Waals surface area contributed by atoms with Crippen molar-refractivity contribution in [1.29, 1.82) is 0 Å². The molecule has 1 heterocycles. The number of likely N-dealkylation sites (N-methyl/N-ethyl adjacent to an activating group) is 1. The van der Waals surface area contributed by atoms with Crippen LogP contribution in [0.4, 0.5) is 0 Å². The SMILES string of the molecule is CNC1(CN)CCOCC1.Cl. The van der Waals surface area contributed by atoms with Gasteiger partial charge in [-0.2, -0.15) is 0 Å². The number of halogens is 1. The first kappa shape index (κ1) is 11.2. The number of hydrogen-bond acceptors (Lipinski definition) is 3. The Kier molecular flexibility index (Phi) is 5.01. The van der Waals surface area contributed by atoms with E-state index in [1.54, 1.807) is 0 Å². The summed E-state index contributed by atoms with van der Waals surface area (Å²) in [6.45, 7) is 2.41. The van der Waals surface area contributed by atoms with Crippen molar-refractivity contribution in [1.82, 2.24) is 5.32 Å². The highest BCUT2D eigenvalue weighted by molar-refractivity contribution is 5.85. The second kappa shape index (κ2) is 4.93. The van der Waals surface area contributed by atoms with Crippen LogP contribution in [0, 0.1) is 0 Å². The third-order valence-electron chi connectivity index (χ3n) is 2.37. The molecule has 1 aliphatic rings. The third kappa shape index (κ3) is 2.60. The lowest BCUT2D eigenvalue weighted by atomic mass is 9.91. The minimum atomic E-state index is 0. The summed E-state index contributed by atoms with van der Waals surface area (Å²) >= 11 is 0. The summed E-state index contributed by atoms with van der Waals surface area (Å²) in [5.41, 5.74) is 5.80. The Morgan fingerprint density at radius 3 is 2.27 bits per heavy atom. The van der Waals surface area contributed by atoms with E-state index in [1.165, 1.54) is 0 Å². The van der Waals surface area contributed by atoms with E-state index in [9.17, 15) is 0 Å². The molecule has 11 heavy (non-hydrogen) atoms. The highest BCUT2D eigenvalue weighted by Crippen LogP contribution is 2.17. The van der Waals surface area contributed by atoms with Crippen LogP contribution in [-0.4, -0.2) is 32.3 Å². The second-order valence-electron chi connectivity index (χ2n) is 2.85. The largest absolute Gasteiger partial charge is 0.381 e. The molecular weight excluding hydrogens is 164 g/mol. The molecule has 0 atom stereocenters. The van der Waals surface area contributed by atoms with Gasteiger partial charge >= 0.3 is 0 Å². The maximum Gasteiger partial charge on any atom is 0.0484 e. The summed E-state index contributed by atoms with van der Waals surface area (Å²) < 4.78 is 5.23. The number of rotatable bonds is 2. The van der Waals surface area contributed by atoms with E-state index in [0.29, 0.717) is 6.54 Å². The van der Waals surface area contributed by atoms with E-state index in [0.717, 1.165) is 26.1 Å². The van der Waals surface area contributed by atoms with Gasteiger partial charge in [0.15, 0.2) is 0 Å². The summed E-state index contributed by atoms with van der Waals surface area (Å²) in [7, 11) is 1.97. The van der Waals surface area contributed by atoms with Crippen LogP contribution in [0.1, 0.15) is 12.8 Å². The van der Waals surface area contributed by atoms with Crippen LogP contribution in [0.25, 0.3) is 0 Å². The van der Waals surface area contributed by atoms with Gasteiger partial charge in [-0.25, -0.2) is 0 Å². The van der Waals surface area contributed by atoms with Crippen LogP contribution in [0.15, 0.2) is 0 Å². The molecule has 1 saturated heterocycles. The summed E-state index contributed by atoms with van der Waals surface area (Å²) in [5, 5.41) is 3.26. The lowest BCUT2D eigenvalue weighted by molar-refractivity contribution is 0.0445. The molecule has 0 aliphatic carbocycles. The summed E-state index contributed by atoms with van der Waals surface area (Å²) in [6, 6.07) is 0. The zero-order chi connectivity index (χ0) is 7.45. The van der Waals surface area contributed by atoms with E-state index >= 15 is 0 Å². The van der Waals surface area contributed by atoms with Gasteiger partial charge in [0.1, 0.15) is 0 Å². The Morgan fingerprint density at radius 2 is 2.00 bits per heavy atom. The molecule has 3 nitrogen and oxygen atoms in total. The predicted octanol–water partition coefficient (Wildman–Crippen LogP) is 0.135. The first-order valence-corrected chi connectivity index (χ1v) is 3.80. The molecule has 3 N–H and O–H groups in total. The molecule has 68 valence electrons. The van der Waals surface area contributed by atoms with Gasteiger partial charge in [0.05, 0.1) is 0 Å². The Hall–Kier alpha value is 0.170. The number of hydrogen-bond donors (Lipinski definition) is 2. The number of ether oxygens (including phenoxy) is 1. The summed E-state index contributed by atoms with van der Waals surface area (Å²) in [4.78, 5) is 0. The van der Waals surface area contributed by atoms with Gasteiger partial charge in [0, 0.05) is 25.3 Å². The van der Waals surface area contributed by atoms with Crippen molar-refractivity contribution in [3.05, 3.63) is 0 Å². The maximum atomic E-state index is 5.63. The first-order chi connectivity index (χ1) is 4.83. The molecule has 0 saturated carbocycles. The van der Waals surface area contributed by atoms with Gasteiger partial charge in [-0.05, 0) is 19.9 Å². The van der Waals surface area contributed by atoms with E-state index < -0.39 is 0 Å². The first-order valence-electron chi connectivity index (χ1n) is 3.80. The van der Waals surface area contributed by atoms with E-state index in [4.69, 9.17) is 10.5 Å². The van der Waals surface area contributed by atoms with Crippen LogP contribution < -0.4 is 11.1 Å². The minimum Gasteiger partial charge on any atom is -0.381 e. The number of nitrogens with two attached hydrogens (primary N) is 1. The fourth-order valence-electron chi connectivity index (χ4n) is 1.32. The molecule has 1 fully saturated rings. The van der Waals surface area contributed by atoms with Crippen LogP contribution in [0.2, 0.25) is 0 Å². The molecule has 0 radical (unpaired) electrons. The number of nitrogens with one attached hydrogen (secondary N) is 1. The Labute approximate surface area is 74.1 Å². The van der Waals surface area contributed by atoms with Crippen molar-refractivity contribution in [2.45, 2.75) is 18.4 Å². The molecule has 0 aromatic rings. The van der Waals surface area contributed by atoms with Gasteiger partial charge in [-0.15, -0.1) is 12.4 Å². The zero-order valence-electron chi connectivity index (χ0n) is 6.93. The highest BCUT2D eigenvalue weighted by Gasteiger charge is 2.28. The fourth-order valence-corrected chi connectivity index (χ4v) is 1.32. The Bertz CT molecular complexity index is 98.6. The van der Waals surface area contributed by atoms with Gasteiger partial charge in [0.2, 0.25) is 0 Å². The molecule has 0 spiro atoms. The molecule has 1 aliphatic heterocycles. The van der Waals surface area contributed by atoms with Gasteiger partial charge in [0.25, 0.3) is 0 Å². The van der Waals surface area contributed by atoms with Crippen molar-refractivity contribution < 1.29 is 4.74 Å². The van der Waals surface area contributed by atoms with Gasteiger partial charge < -0.3 is 15.8 Å². The van der Waals surface area contributed by atoms with E-state index in [1.807, 2.05) is 7.05 Å². The molecule has 0 aromatic heterocycles. The lowest BCUT2D eigenvalue weighted by Gasteiger charge is -2.35. The maximum absolute atomic E-state index is 5.63. The molecule has 0 amide bonds.